The summed E-state index contributed by atoms with van der Waals surface area (Å²) in [6.45, 7) is 7.64. The van der Waals surface area contributed by atoms with Crippen LogP contribution in [0.4, 0.5) is 5.82 Å². The number of aromatic nitrogens is 2. The van der Waals surface area contributed by atoms with Crippen molar-refractivity contribution in [3.05, 3.63) is 78.3 Å². The number of methoxy groups -OCH3 is 1. The second kappa shape index (κ2) is 8.54. The van der Waals surface area contributed by atoms with E-state index < -0.39 is 15.7 Å². The van der Waals surface area contributed by atoms with Crippen LogP contribution in [0.1, 0.15) is 21.6 Å². The van der Waals surface area contributed by atoms with Crippen LogP contribution in [0.2, 0.25) is 0 Å². The molecule has 30 heavy (non-hydrogen) atoms. The van der Waals surface area contributed by atoms with Crippen LogP contribution in [0, 0.1) is 13.8 Å². The van der Waals surface area contributed by atoms with Crippen LogP contribution in [-0.4, -0.2) is 31.0 Å². The largest absolute Gasteiger partial charge is 0.497 e. The number of rotatable bonds is 7. The Morgan fingerprint density at radius 3 is 2.37 bits per heavy atom. The van der Waals surface area contributed by atoms with Crippen LogP contribution in [0.3, 0.4) is 0 Å². The van der Waals surface area contributed by atoms with Gasteiger partial charge in [0, 0.05) is 30.2 Å². The lowest BCUT2D eigenvalue weighted by molar-refractivity contribution is 0.102. The van der Waals surface area contributed by atoms with Crippen molar-refractivity contribution in [1.82, 2.24) is 9.55 Å². The Bertz CT molecular complexity index is 1180. The number of nitrogens with one attached hydrogen (secondary N) is 1. The highest BCUT2D eigenvalue weighted by atomic mass is 32.2. The van der Waals surface area contributed by atoms with E-state index in [0.29, 0.717) is 23.4 Å². The molecule has 0 fully saturated rings. The summed E-state index contributed by atoms with van der Waals surface area (Å²) in [5, 5.41) is 2.78. The normalized spacial score (nSPS) is 11.2. The minimum absolute atomic E-state index is 0.0643. The molecule has 0 saturated carbocycles. The molecule has 0 aliphatic carbocycles. The maximum Gasteiger partial charge on any atom is 0.256 e. The third-order valence-electron chi connectivity index (χ3n) is 4.90. The molecular weight excluding hydrogens is 402 g/mol. The first kappa shape index (κ1) is 21.3. The molecular formula is C22H23N3O4S. The van der Waals surface area contributed by atoms with Gasteiger partial charge in [0.15, 0.2) is 0 Å². The number of hydrogen-bond donors (Lipinski definition) is 1. The highest BCUT2D eigenvalue weighted by Crippen LogP contribution is 2.36. The van der Waals surface area contributed by atoms with Crippen LogP contribution in [0.25, 0.3) is 0 Å². The van der Waals surface area contributed by atoms with E-state index in [9.17, 15) is 13.2 Å². The quantitative estimate of drug-likeness (QED) is 0.582. The summed E-state index contributed by atoms with van der Waals surface area (Å²) in [5.74, 6) is 0.339. The van der Waals surface area contributed by atoms with Gasteiger partial charge in [0.2, 0.25) is 9.84 Å². The molecule has 0 bridgehead atoms. The molecule has 0 aliphatic heterocycles. The molecule has 8 heteroatoms. The van der Waals surface area contributed by atoms with E-state index in [1.165, 1.54) is 31.6 Å². The summed E-state index contributed by atoms with van der Waals surface area (Å²) in [4.78, 5) is 16.9. The molecule has 0 saturated heterocycles. The first-order chi connectivity index (χ1) is 14.3. The smallest absolute Gasteiger partial charge is 0.256 e. The van der Waals surface area contributed by atoms with Gasteiger partial charge in [0.25, 0.3) is 5.91 Å². The molecule has 156 valence electrons. The van der Waals surface area contributed by atoms with E-state index in [1.54, 1.807) is 41.8 Å². The lowest BCUT2D eigenvalue weighted by atomic mass is 10.2. The number of pyridine rings is 1. The molecule has 1 N–H and O–H groups in total. The molecule has 1 aromatic carbocycles. The second-order valence-corrected chi connectivity index (χ2v) is 8.54. The maximum absolute atomic E-state index is 13.5. The van der Waals surface area contributed by atoms with Crippen molar-refractivity contribution in [1.29, 1.82) is 0 Å². The van der Waals surface area contributed by atoms with Crippen molar-refractivity contribution in [2.24, 2.45) is 0 Å². The van der Waals surface area contributed by atoms with Crippen LogP contribution < -0.4 is 10.1 Å². The van der Waals surface area contributed by atoms with E-state index in [2.05, 4.69) is 16.9 Å². The molecule has 3 aromatic rings. The number of sulfone groups is 1. The summed E-state index contributed by atoms with van der Waals surface area (Å²) >= 11 is 0. The van der Waals surface area contributed by atoms with Gasteiger partial charge in [0.1, 0.15) is 16.5 Å². The molecule has 0 unspecified atom stereocenters. The number of benzene rings is 1. The van der Waals surface area contributed by atoms with Crippen molar-refractivity contribution < 1.29 is 17.9 Å². The maximum atomic E-state index is 13.5. The molecule has 3 rings (SSSR count). The van der Waals surface area contributed by atoms with Gasteiger partial charge in [-0.25, -0.2) is 8.42 Å². The number of carbonyl (C=O) groups excluding carboxylic acids is 1. The van der Waals surface area contributed by atoms with Gasteiger partial charge in [-0.3, -0.25) is 9.78 Å². The summed E-state index contributed by atoms with van der Waals surface area (Å²) in [7, 11) is -2.40. The average Bonchev–Trinajstić information content (AvgIpc) is 2.99. The van der Waals surface area contributed by atoms with Crippen LogP contribution >= 0.6 is 0 Å². The standard InChI is InChI=1S/C22H23N3O4S/c1-5-14-25-16(3)15(2)20(21(25)24-22(26)17-10-12-23-13-11-17)30(27,28)19-8-6-18(29-4)7-9-19/h5-13H,1,14H2,2-4H3,(H,24,26). The van der Waals surface area contributed by atoms with Crippen molar-refractivity contribution in [3.8, 4) is 5.75 Å². The third-order valence-corrected chi connectivity index (χ3v) is 6.83. The Labute approximate surface area is 175 Å². The highest BCUT2D eigenvalue weighted by molar-refractivity contribution is 7.91. The minimum atomic E-state index is -3.91. The second-order valence-electron chi connectivity index (χ2n) is 6.66. The molecule has 7 nitrogen and oxygen atoms in total. The minimum Gasteiger partial charge on any atom is -0.497 e. The third kappa shape index (κ3) is 3.86. The highest BCUT2D eigenvalue weighted by Gasteiger charge is 2.30. The van der Waals surface area contributed by atoms with Gasteiger partial charge in [0.05, 0.1) is 12.0 Å². The van der Waals surface area contributed by atoms with E-state index in [0.717, 1.165) is 5.69 Å². The number of anilines is 1. The van der Waals surface area contributed by atoms with Crippen molar-refractivity contribution in [3.63, 3.8) is 0 Å². The summed E-state index contributed by atoms with van der Waals surface area (Å²) in [6.07, 6.45) is 4.66. The topological polar surface area (TPSA) is 90.3 Å². The predicted molar refractivity (Wildman–Crippen MR) is 115 cm³/mol. The summed E-state index contributed by atoms with van der Waals surface area (Å²) in [5.41, 5.74) is 1.67. The number of ether oxygens (including phenoxy) is 1. The predicted octanol–water partition coefficient (Wildman–Crippen LogP) is 3.78. The monoisotopic (exact) mass is 425 g/mol. The molecule has 0 radical (unpaired) electrons. The van der Waals surface area contributed by atoms with Gasteiger partial charge in [-0.05, 0) is 55.8 Å². The van der Waals surface area contributed by atoms with Crippen LogP contribution in [0.5, 0.6) is 5.75 Å². The Balaban J connectivity index is 2.16. The molecule has 1 amide bonds. The Morgan fingerprint density at radius 2 is 1.80 bits per heavy atom. The van der Waals surface area contributed by atoms with Crippen molar-refractivity contribution >= 4 is 21.6 Å². The number of allylic oxidation sites excluding steroid dienone is 1. The fourth-order valence-electron chi connectivity index (χ4n) is 3.20. The number of hydrogen-bond acceptors (Lipinski definition) is 5. The molecule has 0 spiro atoms. The van der Waals surface area contributed by atoms with Crippen molar-refractivity contribution in [2.75, 3.05) is 12.4 Å². The molecule has 0 atom stereocenters. The lowest BCUT2D eigenvalue weighted by Crippen LogP contribution is -2.18. The lowest BCUT2D eigenvalue weighted by Gasteiger charge is -2.13. The van der Waals surface area contributed by atoms with Gasteiger partial charge in [-0.2, -0.15) is 0 Å². The van der Waals surface area contributed by atoms with E-state index in [1.807, 2.05) is 6.92 Å². The van der Waals surface area contributed by atoms with E-state index in [-0.39, 0.29) is 15.6 Å². The number of amides is 1. The zero-order chi connectivity index (χ0) is 21.9. The first-order valence-electron chi connectivity index (χ1n) is 9.22. The molecule has 0 aliphatic rings. The number of nitrogens with zero attached hydrogens (tertiary/aromatic N) is 2. The van der Waals surface area contributed by atoms with Gasteiger partial charge in [-0.1, -0.05) is 6.08 Å². The zero-order valence-corrected chi connectivity index (χ0v) is 17.9. The number of carbonyl (C=O) groups is 1. The van der Waals surface area contributed by atoms with E-state index in [4.69, 9.17) is 4.74 Å². The van der Waals surface area contributed by atoms with E-state index >= 15 is 0 Å². The summed E-state index contributed by atoms with van der Waals surface area (Å²) < 4.78 is 33.9. The van der Waals surface area contributed by atoms with Crippen LogP contribution in [0.15, 0.2) is 71.2 Å². The molecule has 2 aromatic heterocycles. The van der Waals surface area contributed by atoms with Gasteiger partial charge in [-0.15, -0.1) is 6.58 Å². The summed E-state index contributed by atoms with van der Waals surface area (Å²) in [6, 6.07) is 9.28. The van der Waals surface area contributed by atoms with Crippen LogP contribution in [-0.2, 0) is 16.4 Å². The van der Waals surface area contributed by atoms with Gasteiger partial charge < -0.3 is 14.6 Å². The van der Waals surface area contributed by atoms with Gasteiger partial charge >= 0.3 is 0 Å². The molecule has 2 heterocycles. The van der Waals surface area contributed by atoms with Crippen molar-refractivity contribution in [2.45, 2.75) is 30.2 Å². The average molecular weight is 426 g/mol. The fourth-order valence-corrected chi connectivity index (χ4v) is 4.90. The fraction of sp³-hybridized carbons (Fsp3) is 0.182. The first-order valence-corrected chi connectivity index (χ1v) is 10.7. The zero-order valence-electron chi connectivity index (χ0n) is 17.0. The Morgan fingerprint density at radius 1 is 1.17 bits per heavy atom. The SMILES string of the molecule is C=CCn1c(C)c(C)c(S(=O)(=O)c2ccc(OC)cc2)c1NC(=O)c1ccncc1. The Hall–Kier alpha value is -3.39. The Kier molecular flexibility index (Phi) is 6.07.